The summed E-state index contributed by atoms with van der Waals surface area (Å²) in [6.45, 7) is 0.954. The summed E-state index contributed by atoms with van der Waals surface area (Å²) in [5.41, 5.74) is 0. The van der Waals surface area contributed by atoms with Crippen molar-refractivity contribution in [3.8, 4) is 0 Å². The number of halogens is 1. The standard InChI is InChI=1S/C12H18ClN3S2/c1-17-11-15-9(13)7-10(16-11)14-8-12(18-2)5-3-4-6-12/h7H,3-6,8H2,1-2H3,(H,14,15,16). The summed E-state index contributed by atoms with van der Waals surface area (Å²) in [5.74, 6) is 0.833. The van der Waals surface area contributed by atoms with Gasteiger partial charge in [0.05, 0.1) is 0 Å². The molecule has 3 nitrogen and oxygen atoms in total. The molecule has 0 amide bonds. The third-order valence-electron chi connectivity index (χ3n) is 3.40. The Labute approximate surface area is 122 Å². The van der Waals surface area contributed by atoms with Crippen molar-refractivity contribution in [2.45, 2.75) is 35.6 Å². The van der Waals surface area contributed by atoms with E-state index in [1.165, 1.54) is 37.4 Å². The molecule has 6 heteroatoms. The number of nitrogens with one attached hydrogen (secondary N) is 1. The molecule has 0 unspecified atom stereocenters. The van der Waals surface area contributed by atoms with Gasteiger partial charge in [-0.15, -0.1) is 0 Å². The van der Waals surface area contributed by atoms with Crippen LogP contribution in [0.1, 0.15) is 25.7 Å². The lowest BCUT2D eigenvalue weighted by molar-refractivity contribution is 0.638. The Morgan fingerprint density at radius 1 is 1.33 bits per heavy atom. The van der Waals surface area contributed by atoms with Crippen LogP contribution in [0.4, 0.5) is 5.82 Å². The van der Waals surface area contributed by atoms with E-state index in [0.29, 0.717) is 9.90 Å². The van der Waals surface area contributed by atoms with Gasteiger partial charge in [-0.05, 0) is 25.4 Å². The molecule has 1 aromatic heterocycles. The molecule has 1 aliphatic rings. The molecule has 1 aliphatic carbocycles. The monoisotopic (exact) mass is 303 g/mol. The molecule has 100 valence electrons. The van der Waals surface area contributed by atoms with Crippen molar-refractivity contribution in [1.29, 1.82) is 0 Å². The van der Waals surface area contributed by atoms with Gasteiger partial charge in [0.1, 0.15) is 11.0 Å². The van der Waals surface area contributed by atoms with Gasteiger partial charge >= 0.3 is 0 Å². The lowest BCUT2D eigenvalue weighted by Crippen LogP contribution is -2.30. The highest BCUT2D eigenvalue weighted by molar-refractivity contribution is 8.00. The zero-order valence-electron chi connectivity index (χ0n) is 10.7. The van der Waals surface area contributed by atoms with Gasteiger partial charge in [0.2, 0.25) is 0 Å². The quantitative estimate of drug-likeness (QED) is 0.507. The van der Waals surface area contributed by atoms with Gasteiger partial charge in [0, 0.05) is 17.4 Å². The molecule has 1 aromatic rings. The van der Waals surface area contributed by atoms with Gasteiger partial charge in [-0.25, -0.2) is 9.97 Å². The molecule has 1 fully saturated rings. The van der Waals surface area contributed by atoms with Crippen LogP contribution in [0.5, 0.6) is 0 Å². The number of rotatable bonds is 5. The number of hydrogen-bond acceptors (Lipinski definition) is 5. The van der Waals surface area contributed by atoms with E-state index in [1.807, 2.05) is 18.0 Å². The maximum Gasteiger partial charge on any atom is 0.190 e. The molecule has 0 aliphatic heterocycles. The Hall–Kier alpha value is -0.130. The zero-order valence-corrected chi connectivity index (χ0v) is 13.1. The Bertz CT molecular complexity index is 408. The van der Waals surface area contributed by atoms with Gasteiger partial charge in [-0.1, -0.05) is 36.2 Å². The number of aromatic nitrogens is 2. The fourth-order valence-electron chi connectivity index (χ4n) is 2.30. The van der Waals surface area contributed by atoms with Crippen molar-refractivity contribution in [3.05, 3.63) is 11.2 Å². The van der Waals surface area contributed by atoms with Gasteiger partial charge in [0.15, 0.2) is 5.16 Å². The van der Waals surface area contributed by atoms with Crippen molar-refractivity contribution in [3.63, 3.8) is 0 Å². The molecule has 0 atom stereocenters. The molecule has 1 N–H and O–H groups in total. The van der Waals surface area contributed by atoms with E-state index in [-0.39, 0.29) is 0 Å². The molecule has 0 bridgehead atoms. The molecule has 1 heterocycles. The first-order valence-electron chi connectivity index (χ1n) is 6.05. The summed E-state index contributed by atoms with van der Waals surface area (Å²) >= 11 is 9.46. The summed E-state index contributed by atoms with van der Waals surface area (Å²) in [6, 6.07) is 1.80. The molecular formula is C12H18ClN3S2. The van der Waals surface area contributed by atoms with E-state index in [1.54, 1.807) is 6.07 Å². The predicted molar refractivity (Wildman–Crippen MR) is 82.0 cm³/mol. The molecule has 1 saturated carbocycles. The Balaban J connectivity index is 2.03. The summed E-state index contributed by atoms with van der Waals surface area (Å²) in [4.78, 5) is 8.57. The van der Waals surface area contributed by atoms with Gasteiger partial charge in [-0.3, -0.25) is 0 Å². The number of nitrogens with zero attached hydrogens (tertiary/aromatic N) is 2. The van der Waals surface area contributed by atoms with Gasteiger partial charge in [0.25, 0.3) is 0 Å². The first-order chi connectivity index (χ1) is 8.67. The van der Waals surface area contributed by atoms with Crippen LogP contribution in [-0.2, 0) is 0 Å². The predicted octanol–water partition coefficient (Wildman–Crippen LogP) is 3.94. The average molecular weight is 304 g/mol. The van der Waals surface area contributed by atoms with Crippen molar-refractivity contribution in [1.82, 2.24) is 9.97 Å². The normalized spacial score (nSPS) is 17.9. The van der Waals surface area contributed by atoms with E-state index in [2.05, 4.69) is 21.5 Å². The summed E-state index contributed by atoms with van der Waals surface area (Å²) in [5, 5.41) is 4.64. The van der Waals surface area contributed by atoms with Crippen LogP contribution in [0.25, 0.3) is 0 Å². The van der Waals surface area contributed by atoms with Crippen molar-refractivity contribution >= 4 is 40.9 Å². The largest absolute Gasteiger partial charge is 0.368 e. The Morgan fingerprint density at radius 3 is 2.67 bits per heavy atom. The van der Waals surface area contributed by atoms with Crippen LogP contribution in [0.15, 0.2) is 11.2 Å². The molecule has 2 rings (SSSR count). The zero-order chi connectivity index (χ0) is 13.0. The SMILES string of the molecule is CSc1nc(Cl)cc(NCC2(SC)CCCC2)n1. The number of thioether (sulfide) groups is 2. The van der Waals surface area contributed by atoms with Crippen molar-refractivity contribution < 1.29 is 0 Å². The second-order valence-corrected chi connectivity index (χ2v) is 6.95. The average Bonchev–Trinajstić information content (AvgIpc) is 2.85. The van der Waals surface area contributed by atoms with Crippen molar-refractivity contribution in [2.75, 3.05) is 24.4 Å². The molecular weight excluding hydrogens is 286 g/mol. The fraction of sp³-hybridized carbons (Fsp3) is 0.667. The van der Waals surface area contributed by atoms with Crippen LogP contribution in [0, 0.1) is 0 Å². The summed E-state index contributed by atoms with van der Waals surface area (Å²) < 4.78 is 0.372. The van der Waals surface area contributed by atoms with E-state index in [4.69, 9.17) is 11.6 Å². The van der Waals surface area contributed by atoms with Gasteiger partial charge in [-0.2, -0.15) is 11.8 Å². The first kappa shape index (κ1) is 14.3. The third kappa shape index (κ3) is 3.45. The first-order valence-corrected chi connectivity index (χ1v) is 8.88. The minimum atomic E-state index is 0.372. The molecule has 0 aromatic carbocycles. The highest BCUT2D eigenvalue weighted by Gasteiger charge is 2.32. The van der Waals surface area contributed by atoms with Crippen molar-refractivity contribution in [2.24, 2.45) is 0 Å². The molecule has 18 heavy (non-hydrogen) atoms. The van der Waals surface area contributed by atoms with E-state index >= 15 is 0 Å². The number of anilines is 1. The second-order valence-electron chi connectivity index (χ2n) is 4.51. The van der Waals surface area contributed by atoms with E-state index < -0.39 is 0 Å². The molecule has 0 saturated heterocycles. The summed E-state index contributed by atoms with van der Waals surface area (Å²) in [6.07, 6.45) is 9.40. The highest BCUT2D eigenvalue weighted by atomic mass is 35.5. The smallest absolute Gasteiger partial charge is 0.190 e. The van der Waals surface area contributed by atoms with E-state index in [0.717, 1.165) is 17.5 Å². The van der Waals surface area contributed by atoms with Crippen LogP contribution < -0.4 is 5.32 Å². The Kier molecular flexibility index (Phi) is 5.04. The van der Waals surface area contributed by atoms with Crippen LogP contribution >= 0.6 is 35.1 Å². The molecule has 0 radical (unpaired) electrons. The second kappa shape index (κ2) is 6.35. The maximum absolute atomic E-state index is 5.98. The van der Waals surface area contributed by atoms with Gasteiger partial charge < -0.3 is 5.32 Å². The maximum atomic E-state index is 5.98. The topological polar surface area (TPSA) is 37.8 Å². The fourth-order valence-corrected chi connectivity index (χ4v) is 3.83. The summed E-state index contributed by atoms with van der Waals surface area (Å²) in [7, 11) is 0. The third-order valence-corrected chi connectivity index (χ3v) is 5.56. The Morgan fingerprint density at radius 2 is 2.06 bits per heavy atom. The van der Waals surface area contributed by atoms with E-state index in [9.17, 15) is 0 Å². The minimum absolute atomic E-state index is 0.372. The minimum Gasteiger partial charge on any atom is -0.368 e. The molecule has 0 spiro atoms. The highest BCUT2D eigenvalue weighted by Crippen LogP contribution is 2.40. The van der Waals surface area contributed by atoms with Crippen LogP contribution in [0.3, 0.4) is 0 Å². The van der Waals surface area contributed by atoms with Crippen LogP contribution in [0.2, 0.25) is 5.15 Å². The lowest BCUT2D eigenvalue weighted by Gasteiger charge is -2.27. The van der Waals surface area contributed by atoms with Crippen LogP contribution in [-0.4, -0.2) is 33.8 Å². The lowest BCUT2D eigenvalue weighted by atomic mass is 10.1. The number of hydrogen-bond donors (Lipinski definition) is 1.